The Kier molecular flexibility index (Phi) is 7.45. The smallest absolute Gasteiger partial charge is 0.164 e. The predicted octanol–water partition coefficient (Wildman–Crippen LogP) is 11.6. The Morgan fingerprint density at radius 3 is 1.20 bits per heavy atom. The summed E-state index contributed by atoms with van der Waals surface area (Å²) in [5, 5.41) is 4.68. The standard InChI is InChI=1S/C46H30N4/c1-3-11-33(12-4-1)36-23-24-41(38-16-8-7-15-37(36)38)42-25-26-43(40-18-10-9-17-39(40)42)46-49-44(34-13-5-2-6-14-34)48-45(50-46)35-21-19-31(20-22-35)32-27-29-47-30-28-32/h1-30H. The summed E-state index contributed by atoms with van der Waals surface area (Å²) in [6.45, 7) is 0. The Labute approximate surface area is 290 Å². The number of rotatable bonds is 6. The maximum Gasteiger partial charge on any atom is 0.164 e. The molecule has 2 heterocycles. The molecule has 7 aromatic carbocycles. The molecule has 9 rings (SSSR count). The quantitative estimate of drug-likeness (QED) is 0.182. The van der Waals surface area contributed by atoms with Crippen molar-refractivity contribution in [3.8, 4) is 67.5 Å². The Morgan fingerprint density at radius 1 is 0.240 bits per heavy atom. The van der Waals surface area contributed by atoms with E-state index in [-0.39, 0.29) is 0 Å². The zero-order chi connectivity index (χ0) is 33.3. The van der Waals surface area contributed by atoms with Crippen molar-refractivity contribution in [3.63, 3.8) is 0 Å². The van der Waals surface area contributed by atoms with Crippen molar-refractivity contribution in [1.82, 2.24) is 19.9 Å². The van der Waals surface area contributed by atoms with Gasteiger partial charge in [-0.3, -0.25) is 4.98 Å². The van der Waals surface area contributed by atoms with Gasteiger partial charge in [-0.2, -0.15) is 0 Å². The molecule has 0 aliphatic carbocycles. The van der Waals surface area contributed by atoms with Gasteiger partial charge in [0.1, 0.15) is 0 Å². The Morgan fingerprint density at radius 2 is 0.620 bits per heavy atom. The number of hydrogen-bond acceptors (Lipinski definition) is 4. The lowest BCUT2D eigenvalue weighted by Gasteiger charge is -2.16. The van der Waals surface area contributed by atoms with Gasteiger partial charge in [-0.05, 0) is 73.1 Å². The van der Waals surface area contributed by atoms with Gasteiger partial charge in [0.2, 0.25) is 0 Å². The number of hydrogen-bond donors (Lipinski definition) is 0. The highest BCUT2D eigenvalue weighted by atomic mass is 15.0. The van der Waals surface area contributed by atoms with Crippen molar-refractivity contribution >= 4 is 21.5 Å². The van der Waals surface area contributed by atoms with E-state index in [0.29, 0.717) is 17.5 Å². The van der Waals surface area contributed by atoms with Gasteiger partial charge < -0.3 is 0 Å². The zero-order valence-electron chi connectivity index (χ0n) is 27.1. The molecule has 0 atom stereocenters. The van der Waals surface area contributed by atoms with Gasteiger partial charge in [0.25, 0.3) is 0 Å². The molecule has 0 radical (unpaired) electrons. The Balaban J connectivity index is 1.20. The second kappa shape index (κ2) is 12.7. The first-order valence-electron chi connectivity index (χ1n) is 16.7. The van der Waals surface area contributed by atoms with Gasteiger partial charge in [-0.25, -0.2) is 15.0 Å². The highest BCUT2D eigenvalue weighted by molar-refractivity contribution is 6.11. The lowest BCUT2D eigenvalue weighted by Crippen LogP contribution is -2.01. The maximum atomic E-state index is 5.12. The van der Waals surface area contributed by atoms with Crippen LogP contribution in [0.1, 0.15) is 0 Å². The van der Waals surface area contributed by atoms with Gasteiger partial charge in [-0.15, -0.1) is 0 Å². The fourth-order valence-electron chi connectivity index (χ4n) is 6.83. The van der Waals surface area contributed by atoms with E-state index < -0.39 is 0 Å². The molecule has 0 N–H and O–H groups in total. The number of nitrogens with zero attached hydrogens (tertiary/aromatic N) is 4. The molecule has 0 aliphatic rings. The molecule has 234 valence electrons. The molecule has 0 unspecified atom stereocenters. The first-order valence-corrected chi connectivity index (χ1v) is 16.7. The van der Waals surface area contributed by atoms with Gasteiger partial charge in [0.05, 0.1) is 0 Å². The van der Waals surface area contributed by atoms with Crippen molar-refractivity contribution in [3.05, 3.63) is 182 Å². The normalized spacial score (nSPS) is 11.2. The van der Waals surface area contributed by atoms with Crippen LogP contribution in [0, 0.1) is 0 Å². The Hall–Kier alpha value is -6.78. The number of fused-ring (bicyclic) bond motifs is 2. The molecule has 0 aliphatic heterocycles. The van der Waals surface area contributed by atoms with Crippen LogP contribution in [0.15, 0.2) is 182 Å². The molecule has 4 heteroatoms. The van der Waals surface area contributed by atoms with E-state index in [9.17, 15) is 0 Å². The highest BCUT2D eigenvalue weighted by Gasteiger charge is 2.17. The topological polar surface area (TPSA) is 51.6 Å². The average Bonchev–Trinajstić information content (AvgIpc) is 3.21. The van der Waals surface area contributed by atoms with Crippen LogP contribution in [0.5, 0.6) is 0 Å². The minimum Gasteiger partial charge on any atom is -0.265 e. The number of benzene rings is 7. The maximum absolute atomic E-state index is 5.12. The Bertz CT molecular complexity index is 2620. The first-order chi connectivity index (χ1) is 24.8. The second-order valence-electron chi connectivity index (χ2n) is 12.3. The van der Waals surface area contributed by atoms with Crippen molar-refractivity contribution in [2.45, 2.75) is 0 Å². The SMILES string of the molecule is c1ccc(-c2nc(-c3ccc(-c4ccncc4)cc3)nc(-c3ccc(-c4ccc(-c5ccccc5)c5ccccc45)c4ccccc34)n2)cc1. The van der Waals surface area contributed by atoms with Crippen LogP contribution < -0.4 is 0 Å². The second-order valence-corrected chi connectivity index (χ2v) is 12.3. The average molecular weight is 639 g/mol. The first kappa shape index (κ1) is 29.4. The van der Waals surface area contributed by atoms with Gasteiger partial charge in [0.15, 0.2) is 17.5 Å². The molecule has 0 amide bonds. The summed E-state index contributed by atoms with van der Waals surface area (Å²) in [6, 6.07) is 59.3. The van der Waals surface area contributed by atoms with Crippen LogP contribution in [0.2, 0.25) is 0 Å². The molecule has 9 aromatic rings. The summed E-state index contributed by atoms with van der Waals surface area (Å²) in [6.07, 6.45) is 3.62. The summed E-state index contributed by atoms with van der Waals surface area (Å²) in [5.74, 6) is 1.91. The van der Waals surface area contributed by atoms with Gasteiger partial charge in [0, 0.05) is 29.1 Å². The van der Waals surface area contributed by atoms with E-state index in [0.717, 1.165) is 38.6 Å². The minimum atomic E-state index is 0.630. The third-order valence-corrected chi connectivity index (χ3v) is 9.29. The largest absolute Gasteiger partial charge is 0.265 e. The number of aromatic nitrogens is 4. The van der Waals surface area contributed by atoms with Crippen molar-refractivity contribution in [2.75, 3.05) is 0 Å². The van der Waals surface area contributed by atoms with Crippen LogP contribution in [0.3, 0.4) is 0 Å². The van der Waals surface area contributed by atoms with E-state index in [4.69, 9.17) is 15.0 Å². The lowest BCUT2D eigenvalue weighted by molar-refractivity contribution is 1.08. The fourth-order valence-corrected chi connectivity index (χ4v) is 6.83. The zero-order valence-corrected chi connectivity index (χ0v) is 27.1. The summed E-state index contributed by atoms with van der Waals surface area (Å²) < 4.78 is 0. The third kappa shape index (κ3) is 5.39. The molecule has 0 saturated carbocycles. The summed E-state index contributed by atoms with van der Waals surface area (Å²) in [4.78, 5) is 19.3. The van der Waals surface area contributed by atoms with Crippen molar-refractivity contribution in [1.29, 1.82) is 0 Å². The molecule has 2 aromatic heterocycles. The number of pyridine rings is 1. The monoisotopic (exact) mass is 638 g/mol. The molecule has 0 fully saturated rings. The van der Waals surface area contributed by atoms with Crippen LogP contribution in [-0.4, -0.2) is 19.9 Å². The van der Waals surface area contributed by atoms with E-state index in [2.05, 4.69) is 132 Å². The predicted molar refractivity (Wildman–Crippen MR) is 205 cm³/mol. The van der Waals surface area contributed by atoms with E-state index in [1.807, 2.05) is 54.9 Å². The summed E-state index contributed by atoms with van der Waals surface area (Å²) >= 11 is 0. The van der Waals surface area contributed by atoms with Gasteiger partial charge >= 0.3 is 0 Å². The van der Waals surface area contributed by atoms with Crippen LogP contribution in [0.4, 0.5) is 0 Å². The van der Waals surface area contributed by atoms with Crippen molar-refractivity contribution in [2.24, 2.45) is 0 Å². The summed E-state index contributed by atoms with van der Waals surface area (Å²) in [7, 11) is 0. The molecule has 0 spiro atoms. The molecular formula is C46H30N4. The molecule has 4 nitrogen and oxygen atoms in total. The van der Waals surface area contributed by atoms with E-state index in [1.54, 1.807) is 0 Å². The molecular weight excluding hydrogens is 609 g/mol. The lowest BCUT2D eigenvalue weighted by atomic mass is 9.89. The van der Waals surface area contributed by atoms with Gasteiger partial charge in [-0.1, -0.05) is 152 Å². The molecule has 0 saturated heterocycles. The van der Waals surface area contributed by atoms with Crippen LogP contribution in [-0.2, 0) is 0 Å². The summed E-state index contributed by atoms with van der Waals surface area (Å²) in [5.41, 5.74) is 9.85. The van der Waals surface area contributed by atoms with E-state index in [1.165, 1.54) is 33.0 Å². The van der Waals surface area contributed by atoms with Crippen LogP contribution >= 0.6 is 0 Å². The highest BCUT2D eigenvalue weighted by Crippen LogP contribution is 2.41. The van der Waals surface area contributed by atoms with E-state index >= 15 is 0 Å². The van der Waals surface area contributed by atoms with Crippen molar-refractivity contribution < 1.29 is 0 Å². The molecule has 50 heavy (non-hydrogen) atoms. The molecule has 0 bridgehead atoms. The fraction of sp³-hybridized carbons (Fsp3) is 0. The van der Waals surface area contributed by atoms with Crippen LogP contribution in [0.25, 0.3) is 89.1 Å². The third-order valence-electron chi connectivity index (χ3n) is 9.29. The minimum absolute atomic E-state index is 0.630.